The molecule has 174 valence electrons. The summed E-state index contributed by atoms with van der Waals surface area (Å²) >= 11 is 0. The number of benzene rings is 2. The number of esters is 1. The number of hydrogen-bond donors (Lipinski definition) is 1. The molecule has 8 heteroatoms. The lowest BCUT2D eigenvalue weighted by atomic mass is 10.0. The van der Waals surface area contributed by atoms with E-state index in [1.54, 1.807) is 36.4 Å². The lowest BCUT2D eigenvalue weighted by Crippen LogP contribution is -2.36. The average Bonchev–Trinajstić information content (AvgIpc) is 2.77. The summed E-state index contributed by atoms with van der Waals surface area (Å²) in [7, 11) is -2.59. The van der Waals surface area contributed by atoms with Crippen molar-refractivity contribution < 1.29 is 22.7 Å². The van der Waals surface area contributed by atoms with Gasteiger partial charge in [-0.25, -0.2) is 13.2 Å². The first-order valence-electron chi connectivity index (χ1n) is 10.7. The first-order valence-corrected chi connectivity index (χ1v) is 12.2. The van der Waals surface area contributed by atoms with Crippen LogP contribution >= 0.6 is 0 Å². The van der Waals surface area contributed by atoms with Gasteiger partial charge in [-0.1, -0.05) is 57.0 Å². The molecule has 0 aliphatic carbocycles. The molecule has 0 fully saturated rings. The number of sulfonamides is 1. The fourth-order valence-corrected chi connectivity index (χ4v) is 4.59. The molecule has 0 aliphatic heterocycles. The van der Waals surface area contributed by atoms with Crippen LogP contribution in [0.4, 0.5) is 5.69 Å². The van der Waals surface area contributed by atoms with E-state index in [0.717, 1.165) is 23.6 Å². The van der Waals surface area contributed by atoms with Crippen LogP contribution in [0.5, 0.6) is 0 Å². The van der Waals surface area contributed by atoms with Gasteiger partial charge in [0.15, 0.2) is 6.61 Å². The lowest BCUT2D eigenvalue weighted by Gasteiger charge is -2.21. The fourth-order valence-electron chi connectivity index (χ4n) is 3.21. The Bertz CT molecular complexity index is 1010. The standard InChI is InChI=1S/C24H32N2O5S/c1-18(2)11-10-12-19(3)25-23(27)17-31-24(28)21-15-8-9-16-22(21)32(29,30)26(4)20-13-6-5-7-14-20/h5-9,13-16,18-19H,10-12,17H2,1-4H3,(H,25,27). The normalized spacial score (nSPS) is 12.3. The number of rotatable bonds is 11. The van der Waals surface area contributed by atoms with E-state index in [1.807, 2.05) is 6.92 Å². The lowest BCUT2D eigenvalue weighted by molar-refractivity contribution is -0.124. The highest BCUT2D eigenvalue weighted by Crippen LogP contribution is 2.24. The van der Waals surface area contributed by atoms with Gasteiger partial charge in [0.1, 0.15) is 4.90 Å². The average molecular weight is 461 g/mol. The van der Waals surface area contributed by atoms with E-state index >= 15 is 0 Å². The van der Waals surface area contributed by atoms with Gasteiger partial charge in [-0.2, -0.15) is 0 Å². The van der Waals surface area contributed by atoms with Gasteiger partial charge < -0.3 is 10.1 Å². The van der Waals surface area contributed by atoms with E-state index in [9.17, 15) is 18.0 Å². The largest absolute Gasteiger partial charge is 0.452 e. The van der Waals surface area contributed by atoms with Gasteiger partial charge in [-0.15, -0.1) is 0 Å². The van der Waals surface area contributed by atoms with Gasteiger partial charge >= 0.3 is 5.97 Å². The first-order chi connectivity index (χ1) is 15.1. The molecule has 0 bridgehead atoms. The Labute approximate surface area is 190 Å². The third-order valence-electron chi connectivity index (χ3n) is 5.03. The van der Waals surface area contributed by atoms with E-state index < -0.39 is 28.5 Å². The summed E-state index contributed by atoms with van der Waals surface area (Å²) in [5, 5.41) is 2.80. The Balaban J connectivity index is 2.04. The fraction of sp³-hybridized carbons (Fsp3) is 0.417. The van der Waals surface area contributed by atoms with Crippen LogP contribution in [0.2, 0.25) is 0 Å². The molecule has 2 rings (SSSR count). The summed E-state index contributed by atoms with van der Waals surface area (Å²) in [6.45, 7) is 5.73. The van der Waals surface area contributed by atoms with Crippen LogP contribution in [-0.4, -0.2) is 40.0 Å². The smallest absolute Gasteiger partial charge is 0.340 e. The molecule has 1 amide bonds. The molecule has 0 saturated carbocycles. The van der Waals surface area contributed by atoms with Crippen molar-refractivity contribution in [2.45, 2.75) is 51.0 Å². The third kappa shape index (κ3) is 7.09. The van der Waals surface area contributed by atoms with Crippen LogP contribution in [0.1, 0.15) is 50.4 Å². The molecule has 1 unspecified atom stereocenters. The minimum atomic E-state index is -4.01. The quantitative estimate of drug-likeness (QED) is 0.512. The van der Waals surface area contributed by atoms with Crippen molar-refractivity contribution in [2.24, 2.45) is 5.92 Å². The van der Waals surface area contributed by atoms with Crippen molar-refractivity contribution in [2.75, 3.05) is 18.0 Å². The first kappa shape index (κ1) is 25.4. The van der Waals surface area contributed by atoms with Crippen LogP contribution in [-0.2, 0) is 19.6 Å². The highest BCUT2D eigenvalue weighted by Gasteiger charge is 2.27. The highest BCUT2D eigenvalue weighted by atomic mass is 32.2. The summed E-state index contributed by atoms with van der Waals surface area (Å²) < 4.78 is 32.5. The van der Waals surface area contributed by atoms with Crippen LogP contribution < -0.4 is 9.62 Å². The number of hydrogen-bond acceptors (Lipinski definition) is 5. The summed E-state index contributed by atoms with van der Waals surface area (Å²) in [5.41, 5.74) is 0.342. The number of carbonyl (C=O) groups is 2. The molecule has 32 heavy (non-hydrogen) atoms. The van der Waals surface area contributed by atoms with Gasteiger partial charge in [-0.05, 0) is 43.5 Å². The predicted molar refractivity (Wildman–Crippen MR) is 125 cm³/mol. The molecule has 7 nitrogen and oxygen atoms in total. The molecule has 2 aromatic carbocycles. The number of carbonyl (C=O) groups excluding carboxylic acids is 2. The molecule has 0 spiro atoms. The molecule has 0 aromatic heterocycles. The van der Waals surface area contributed by atoms with Gasteiger partial charge in [0.2, 0.25) is 0 Å². The monoisotopic (exact) mass is 460 g/mol. The molecular weight excluding hydrogens is 428 g/mol. The topological polar surface area (TPSA) is 92.8 Å². The Morgan fingerprint density at radius 3 is 2.25 bits per heavy atom. The second-order valence-electron chi connectivity index (χ2n) is 8.17. The van der Waals surface area contributed by atoms with Gasteiger partial charge in [0, 0.05) is 13.1 Å². The Morgan fingerprint density at radius 2 is 1.59 bits per heavy atom. The van der Waals surface area contributed by atoms with Crippen LogP contribution in [0.25, 0.3) is 0 Å². The van der Waals surface area contributed by atoms with Crippen LogP contribution in [0, 0.1) is 5.92 Å². The number of anilines is 1. The maximum atomic E-state index is 13.1. The Hall–Kier alpha value is -2.87. The second kappa shape index (κ2) is 11.7. The van der Waals surface area contributed by atoms with Gasteiger partial charge in [0.05, 0.1) is 11.3 Å². The van der Waals surface area contributed by atoms with Crippen molar-refractivity contribution in [1.29, 1.82) is 0 Å². The predicted octanol–water partition coefficient (Wildman–Crippen LogP) is 4.00. The van der Waals surface area contributed by atoms with E-state index in [0.29, 0.717) is 11.6 Å². The number of para-hydroxylation sites is 1. The van der Waals surface area contributed by atoms with E-state index in [2.05, 4.69) is 19.2 Å². The maximum absolute atomic E-state index is 13.1. The minimum absolute atomic E-state index is 0.0351. The molecule has 1 N–H and O–H groups in total. The zero-order chi connectivity index (χ0) is 23.7. The third-order valence-corrected chi connectivity index (χ3v) is 6.87. The van der Waals surface area contributed by atoms with Crippen LogP contribution in [0.3, 0.4) is 0 Å². The van der Waals surface area contributed by atoms with Crippen molar-refractivity contribution in [1.82, 2.24) is 5.32 Å². The molecule has 0 radical (unpaired) electrons. The Kier molecular flexibility index (Phi) is 9.26. The maximum Gasteiger partial charge on any atom is 0.340 e. The summed E-state index contributed by atoms with van der Waals surface area (Å²) in [5.74, 6) is -0.679. The molecule has 1 atom stereocenters. The minimum Gasteiger partial charge on any atom is -0.452 e. The van der Waals surface area contributed by atoms with E-state index in [4.69, 9.17) is 4.74 Å². The van der Waals surface area contributed by atoms with Crippen molar-refractivity contribution in [3.63, 3.8) is 0 Å². The highest BCUT2D eigenvalue weighted by molar-refractivity contribution is 7.92. The van der Waals surface area contributed by atoms with Crippen LogP contribution in [0.15, 0.2) is 59.5 Å². The second-order valence-corrected chi connectivity index (χ2v) is 10.1. The summed E-state index contributed by atoms with van der Waals surface area (Å²) in [4.78, 5) is 24.6. The number of amides is 1. The van der Waals surface area contributed by atoms with Crippen molar-refractivity contribution in [3.05, 3.63) is 60.2 Å². The van der Waals surface area contributed by atoms with Gasteiger partial charge in [0.25, 0.3) is 15.9 Å². The van der Waals surface area contributed by atoms with Crippen molar-refractivity contribution in [3.8, 4) is 0 Å². The molecule has 0 saturated heterocycles. The van der Waals surface area contributed by atoms with Crippen molar-refractivity contribution >= 4 is 27.6 Å². The zero-order valence-electron chi connectivity index (χ0n) is 19.1. The van der Waals surface area contributed by atoms with E-state index in [-0.39, 0.29) is 16.5 Å². The SMILES string of the molecule is CC(C)CCCC(C)NC(=O)COC(=O)c1ccccc1S(=O)(=O)N(C)c1ccccc1. The molecular formula is C24H32N2O5S. The zero-order valence-corrected chi connectivity index (χ0v) is 19.9. The number of nitrogens with zero attached hydrogens (tertiary/aromatic N) is 1. The Morgan fingerprint density at radius 1 is 0.969 bits per heavy atom. The molecule has 0 aliphatic rings. The molecule has 0 heterocycles. The van der Waals surface area contributed by atoms with Gasteiger partial charge in [-0.3, -0.25) is 9.10 Å². The summed E-state index contributed by atoms with van der Waals surface area (Å²) in [6.07, 6.45) is 2.92. The van der Waals surface area contributed by atoms with E-state index in [1.165, 1.54) is 25.2 Å². The number of nitrogens with one attached hydrogen (secondary N) is 1. The molecule has 2 aromatic rings. The summed E-state index contributed by atoms with van der Waals surface area (Å²) in [6, 6.07) is 14.3. The number of ether oxygens (including phenoxy) is 1.